The number of nitrogens with one attached hydrogen (secondary N) is 1. The topological polar surface area (TPSA) is 25.2 Å². The van der Waals surface area contributed by atoms with Crippen molar-refractivity contribution in [3.8, 4) is 0 Å². The van der Waals surface area contributed by atoms with E-state index in [9.17, 15) is 0 Å². The summed E-state index contributed by atoms with van der Waals surface area (Å²) in [6, 6.07) is 12.8. The molecule has 0 radical (unpaired) electrons. The van der Waals surface area contributed by atoms with Crippen LogP contribution in [0.3, 0.4) is 0 Å². The van der Waals surface area contributed by atoms with E-state index in [0.29, 0.717) is 0 Å². The summed E-state index contributed by atoms with van der Waals surface area (Å²) >= 11 is 3.35. The fourth-order valence-corrected chi connectivity index (χ4v) is 2.61. The van der Waals surface area contributed by atoms with E-state index in [2.05, 4.69) is 66.3 Å². The first-order chi connectivity index (χ1) is 9.47. The summed E-state index contributed by atoms with van der Waals surface area (Å²) in [5.41, 5.74) is 2.81. The zero-order valence-electron chi connectivity index (χ0n) is 12.5. The van der Waals surface area contributed by atoms with Gasteiger partial charge in [0.05, 0.1) is 6.04 Å². The van der Waals surface area contributed by atoms with Gasteiger partial charge >= 0.3 is 0 Å². The van der Waals surface area contributed by atoms with Gasteiger partial charge in [-0.3, -0.25) is 0 Å². The molecule has 2 rings (SSSR count). The minimum Gasteiger partial charge on any atom is -0.452 e. The largest absolute Gasteiger partial charge is 0.452 e. The van der Waals surface area contributed by atoms with Crippen LogP contribution >= 0.6 is 15.9 Å². The van der Waals surface area contributed by atoms with Gasteiger partial charge in [0.2, 0.25) is 0 Å². The minimum absolute atomic E-state index is 0.0834. The summed E-state index contributed by atoms with van der Waals surface area (Å²) in [5, 5.41) is 3.31. The molecule has 0 bridgehead atoms. The molecule has 1 heterocycles. The Balaban J connectivity index is 2.28. The van der Waals surface area contributed by atoms with Crippen molar-refractivity contribution in [2.45, 2.75) is 38.6 Å². The second-order valence-electron chi connectivity index (χ2n) is 5.72. The van der Waals surface area contributed by atoms with E-state index in [0.717, 1.165) is 16.9 Å². The van der Waals surface area contributed by atoms with Crippen molar-refractivity contribution in [2.24, 2.45) is 0 Å². The highest BCUT2D eigenvalue weighted by Gasteiger charge is 2.20. The average Bonchev–Trinajstić information content (AvgIpc) is 2.87. The first-order valence-electron chi connectivity index (χ1n) is 7.01. The molecule has 1 aromatic carbocycles. The van der Waals surface area contributed by atoms with Crippen LogP contribution in [0.15, 0.2) is 45.5 Å². The van der Waals surface area contributed by atoms with Gasteiger partial charge < -0.3 is 9.73 Å². The fraction of sp³-hybridized carbons (Fsp3) is 0.412. The van der Waals surface area contributed by atoms with Gasteiger partial charge in [-0.1, -0.05) is 45.0 Å². The van der Waals surface area contributed by atoms with Crippen molar-refractivity contribution < 1.29 is 4.42 Å². The lowest BCUT2D eigenvalue weighted by molar-refractivity contribution is 0.447. The molecule has 1 aromatic heterocycles. The Morgan fingerprint density at radius 3 is 2.25 bits per heavy atom. The SMILES string of the molecule is CCC(C)(C)c1ccc(C(NC)c2ccc(Br)o2)cc1. The summed E-state index contributed by atoms with van der Waals surface area (Å²) in [6.45, 7) is 6.78. The summed E-state index contributed by atoms with van der Waals surface area (Å²) in [6.07, 6.45) is 1.13. The van der Waals surface area contributed by atoms with E-state index in [1.807, 2.05) is 19.2 Å². The van der Waals surface area contributed by atoms with Crippen molar-refractivity contribution in [3.05, 3.63) is 58.0 Å². The molecule has 3 heteroatoms. The highest BCUT2D eigenvalue weighted by atomic mass is 79.9. The normalized spacial score (nSPS) is 13.4. The van der Waals surface area contributed by atoms with E-state index in [-0.39, 0.29) is 11.5 Å². The van der Waals surface area contributed by atoms with Gasteiger partial charge in [-0.25, -0.2) is 0 Å². The molecule has 0 aliphatic heterocycles. The zero-order valence-corrected chi connectivity index (χ0v) is 14.1. The summed E-state index contributed by atoms with van der Waals surface area (Å²) < 4.78 is 6.42. The maximum absolute atomic E-state index is 5.66. The second-order valence-corrected chi connectivity index (χ2v) is 6.50. The van der Waals surface area contributed by atoms with E-state index in [1.54, 1.807) is 0 Å². The van der Waals surface area contributed by atoms with Gasteiger partial charge in [0.15, 0.2) is 4.67 Å². The lowest BCUT2D eigenvalue weighted by atomic mass is 9.82. The van der Waals surface area contributed by atoms with E-state index in [4.69, 9.17) is 4.42 Å². The third kappa shape index (κ3) is 3.15. The molecular weight excluding hydrogens is 314 g/mol. The third-order valence-corrected chi connectivity index (χ3v) is 4.50. The lowest BCUT2D eigenvalue weighted by Gasteiger charge is -2.24. The highest BCUT2D eigenvalue weighted by molar-refractivity contribution is 9.10. The molecule has 0 saturated heterocycles. The van der Waals surface area contributed by atoms with Crippen LogP contribution in [0, 0.1) is 0 Å². The molecular formula is C17H22BrNO. The predicted octanol–water partition coefficient (Wildman–Crippen LogP) is 5.04. The van der Waals surface area contributed by atoms with Crippen molar-refractivity contribution in [1.29, 1.82) is 0 Å². The minimum atomic E-state index is 0.0834. The van der Waals surface area contributed by atoms with Gasteiger partial charge in [-0.05, 0) is 58.1 Å². The Morgan fingerprint density at radius 2 is 1.80 bits per heavy atom. The summed E-state index contributed by atoms with van der Waals surface area (Å²) in [5.74, 6) is 0.918. The first kappa shape index (κ1) is 15.3. The number of halogens is 1. The summed E-state index contributed by atoms with van der Waals surface area (Å²) in [7, 11) is 1.95. The molecule has 108 valence electrons. The van der Waals surface area contributed by atoms with Crippen LogP contribution in [0.2, 0.25) is 0 Å². The van der Waals surface area contributed by atoms with E-state index in [1.165, 1.54) is 11.1 Å². The molecule has 0 saturated carbocycles. The Hall–Kier alpha value is -1.06. The second kappa shape index (κ2) is 6.15. The highest BCUT2D eigenvalue weighted by Crippen LogP contribution is 2.30. The standard InChI is InChI=1S/C17H22BrNO/c1-5-17(2,3)13-8-6-12(7-9-13)16(19-4)14-10-11-15(18)20-14/h6-11,16,19H,5H2,1-4H3. The number of benzene rings is 1. The van der Waals surface area contributed by atoms with Crippen LogP contribution in [0.1, 0.15) is 50.1 Å². The van der Waals surface area contributed by atoms with Gasteiger partial charge in [0.25, 0.3) is 0 Å². The molecule has 0 spiro atoms. The maximum Gasteiger partial charge on any atom is 0.169 e. The molecule has 0 aliphatic carbocycles. The number of hydrogen-bond donors (Lipinski definition) is 1. The molecule has 20 heavy (non-hydrogen) atoms. The van der Waals surface area contributed by atoms with Crippen molar-refractivity contribution in [3.63, 3.8) is 0 Å². The molecule has 1 atom stereocenters. The van der Waals surface area contributed by atoms with Crippen LogP contribution < -0.4 is 5.32 Å². The Kier molecular flexibility index (Phi) is 4.71. The third-order valence-electron chi connectivity index (χ3n) is 4.08. The fourth-order valence-electron chi connectivity index (χ4n) is 2.29. The van der Waals surface area contributed by atoms with E-state index < -0.39 is 0 Å². The molecule has 0 amide bonds. The molecule has 1 unspecified atom stereocenters. The zero-order chi connectivity index (χ0) is 14.8. The molecule has 1 N–H and O–H groups in total. The summed E-state index contributed by atoms with van der Waals surface area (Å²) in [4.78, 5) is 0. The number of rotatable bonds is 5. The van der Waals surface area contributed by atoms with Crippen LogP contribution in [-0.4, -0.2) is 7.05 Å². The van der Waals surface area contributed by atoms with Gasteiger partial charge in [0, 0.05) is 0 Å². The first-order valence-corrected chi connectivity index (χ1v) is 7.80. The monoisotopic (exact) mass is 335 g/mol. The van der Waals surface area contributed by atoms with Crippen molar-refractivity contribution in [2.75, 3.05) is 7.05 Å². The molecule has 0 fully saturated rings. The van der Waals surface area contributed by atoms with Crippen molar-refractivity contribution >= 4 is 15.9 Å². The maximum atomic E-state index is 5.66. The van der Waals surface area contributed by atoms with Crippen molar-refractivity contribution in [1.82, 2.24) is 5.32 Å². The quantitative estimate of drug-likeness (QED) is 0.828. The Labute approximate surface area is 129 Å². The van der Waals surface area contributed by atoms with Crippen LogP contribution in [0.25, 0.3) is 0 Å². The number of furan rings is 1. The number of hydrogen-bond acceptors (Lipinski definition) is 2. The molecule has 2 nitrogen and oxygen atoms in total. The van der Waals surface area contributed by atoms with Gasteiger partial charge in [0.1, 0.15) is 5.76 Å². The molecule has 0 aliphatic rings. The van der Waals surface area contributed by atoms with Crippen LogP contribution in [0.4, 0.5) is 0 Å². The Morgan fingerprint density at radius 1 is 1.15 bits per heavy atom. The predicted molar refractivity (Wildman–Crippen MR) is 87.1 cm³/mol. The van der Waals surface area contributed by atoms with Crippen LogP contribution in [-0.2, 0) is 5.41 Å². The Bertz CT molecular complexity index is 557. The molecule has 2 aromatic rings. The van der Waals surface area contributed by atoms with Gasteiger partial charge in [-0.15, -0.1) is 0 Å². The average molecular weight is 336 g/mol. The lowest BCUT2D eigenvalue weighted by Crippen LogP contribution is -2.18. The van der Waals surface area contributed by atoms with Gasteiger partial charge in [-0.2, -0.15) is 0 Å². The smallest absolute Gasteiger partial charge is 0.169 e. The van der Waals surface area contributed by atoms with E-state index >= 15 is 0 Å². The van der Waals surface area contributed by atoms with Crippen LogP contribution in [0.5, 0.6) is 0 Å².